The van der Waals surface area contributed by atoms with E-state index in [1.165, 1.54) is 0 Å². The summed E-state index contributed by atoms with van der Waals surface area (Å²) in [5.74, 6) is 0. The monoisotopic (exact) mass is 194 g/mol. The molecule has 4 nitrogen and oxygen atoms in total. The summed E-state index contributed by atoms with van der Waals surface area (Å²) in [5, 5.41) is 0. The third kappa shape index (κ3) is 6.30. The second-order valence-electron chi connectivity index (χ2n) is 1.64. The smallest absolute Gasteiger partial charge is 0.303 e. The van der Waals surface area contributed by atoms with Crippen LogP contribution < -0.4 is 0 Å². The van der Waals surface area contributed by atoms with Crippen molar-refractivity contribution in [3.8, 4) is 0 Å². The zero-order chi connectivity index (χ0) is 9.07. The molecule has 11 heavy (non-hydrogen) atoms. The summed E-state index contributed by atoms with van der Waals surface area (Å²) in [7, 11) is -4.83. The van der Waals surface area contributed by atoms with Crippen molar-refractivity contribution in [2.75, 3.05) is 6.61 Å². The molecule has 0 saturated heterocycles. The van der Waals surface area contributed by atoms with E-state index in [1.807, 2.05) is 0 Å². The van der Waals surface area contributed by atoms with E-state index in [9.17, 15) is 17.7 Å². The molecule has 0 rings (SSSR count). The van der Waals surface area contributed by atoms with Crippen LogP contribution in [0.3, 0.4) is 0 Å². The summed E-state index contributed by atoms with van der Waals surface area (Å²) in [6, 6.07) is 0. The number of phosphoric acid groups is 1. The van der Waals surface area contributed by atoms with Crippen molar-refractivity contribution < 1.29 is 32.0 Å². The van der Waals surface area contributed by atoms with Crippen molar-refractivity contribution in [1.29, 1.82) is 0 Å². The first-order valence-corrected chi connectivity index (χ1v) is 3.98. The second-order valence-corrected chi connectivity index (χ2v) is 2.88. The van der Waals surface area contributed by atoms with Crippen molar-refractivity contribution >= 4 is 7.82 Å². The maximum Gasteiger partial charge on any atom is 0.469 e. The number of alkyl halides is 3. The van der Waals surface area contributed by atoms with Crippen LogP contribution in [0.1, 0.15) is 0 Å². The van der Waals surface area contributed by atoms with Crippen LogP contribution in [0.2, 0.25) is 0 Å². The highest BCUT2D eigenvalue weighted by molar-refractivity contribution is 7.46. The third-order valence-electron chi connectivity index (χ3n) is 0.675. The first-order valence-electron chi connectivity index (χ1n) is 2.45. The first kappa shape index (κ1) is 10.9. The molecule has 0 bridgehead atoms. The topological polar surface area (TPSA) is 66.8 Å². The number of halogens is 3. The molecule has 0 aromatic heterocycles. The van der Waals surface area contributed by atoms with Crippen LogP contribution in [0.4, 0.5) is 13.2 Å². The Labute approximate surface area is 60.2 Å². The van der Waals surface area contributed by atoms with Crippen molar-refractivity contribution in [1.82, 2.24) is 0 Å². The fourth-order valence-electron chi connectivity index (χ4n) is 0.241. The summed E-state index contributed by atoms with van der Waals surface area (Å²) in [4.78, 5) is 15.9. The lowest BCUT2D eigenvalue weighted by Gasteiger charge is -2.07. The molecule has 0 saturated carbocycles. The predicted molar refractivity (Wildman–Crippen MR) is 28.9 cm³/mol. The number of phosphoric ester groups is 1. The van der Waals surface area contributed by atoms with Gasteiger partial charge in [0, 0.05) is 0 Å². The Morgan fingerprint density at radius 2 is 1.82 bits per heavy atom. The summed E-state index contributed by atoms with van der Waals surface area (Å²) in [6.07, 6.45) is -5.95. The Morgan fingerprint density at radius 3 is 2.09 bits per heavy atom. The van der Waals surface area contributed by atoms with Crippen LogP contribution >= 0.6 is 7.82 Å². The van der Waals surface area contributed by atoms with Crippen LogP contribution in [0.5, 0.6) is 0 Å². The SMILES string of the molecule is O=P(O)(O)OCC(F)C(F)F. The molecule has 68 valence electrons. The average molecular weight is 194 g/mol. The van der Waals surface area contributed by atoms with E-state index in [-0.39, 0.29) is 0 Å². The highest BCUT2D eigenvalue weighted by atomic mass is 31.2. The zero-order valence-corrected chi connectivity index (χ0v) is 6.05. The number of rotatable bonds is 4. The van der Waals surface area contributed by atoms with Gasteiger partial charge < -0.3 is 9.79 Å². The minimum atomic E-state index is -4.83. The normalized spacial score (nSPS) is 15.5. The number of hydrogen-bond donors (Lipinski definition) is 2. The lowest BCUT2D eigenvalue weighted by Crippen LogP contribution is -2.18. The Morgan fingerprint density at radius 1 is 1.36 bits per heavy atom. The molecule has 1 atom stereocenters. The maximum absolute atomic E-state index is 11.8. The van der Waals surface area contributed by atoms with Crippen molar-refractivity contribution in [2.45, 2.75) is 12.6 Å². The van der Waals surface area contributed by atoms with Gasteiger partial charge in [-0.3, -0.25) is 4.52 Å². The van der Waals surface area contributed by atoms with Gasteiger partial charge in [0.1, 0.15) is 0 Å². The predicted octanol–water partition coefficient (Wildman–Crippen LogP) is 0.699. The minimum Gasteiger partial charge on any atom is -0.303 e. The van der Waals surface area contributed by atoms with E-state index in [0.717, 1.165) is 0 Å². The lowest BCUT2D eigenvalue weighted by molar-refractivity contribution is 0.0162. The summed E-state index contributed by atoms with van der Waals surface area (Å²) >= 11 is 0. The van der Waals surface area contributed by atoms with E-state index >= 15 is 0 Å². The van der Waals surface area contributed by atoms with Gasteiger partial charge in [0.25, 0.3) is 6.43 Å². The summed E-state index contributed by atoms with van der Waals surface area (Å²) < 4.78 is 47.7. The highest BCUT2D eigenvalue weighted by Crippen LogP contribution is 2.36. The van der Waals surface area contributed by atoms with E-state index in [4.69, 9.17) is 9.79 Å². The molecule has 0 aliphatic heterocycles. The molecular weight excluding hydrogens is 188 g/mol. The molecule has 0 aromatic rings. The molecule has 0 amide bonds. The Bertz CT molecular complexity index is 157. The molecule has 0 heterocycles. The van der Waals surface area contributed by atoms with E-state index in [2.05, 4.69) is 4.52 Å². The van der Waals surface area contributed by atoms with Gasteiger partial charge in [-0.25, -0.2) is 17.7 Å². The Balaban J connectivity index is 3.63. The Hall–Kier alpha value is -0.100. The highest BCUT2D eigenvalue weighted by Gasteiger charge is 2.24. The van der Waals surface area contributed by atoms with E-state index in [0.29, 0.717) is 0 Å². The molecular formula is C3H6F3O4P. The minimum absolute atomic E-state index is 1.30. The summed E-state index contributed by atoms with van der Waals surface area (Å²) in [6.45, 7) is -1.30. The molecule has 0 radical (unpaired) electrons. The van der Waals surface area contributed by atoms with Crippen LogP contribution in [0.25, 0.3) is 0 Å². The third-order valence-corrected chi connectivity index (χ3v) is 1.16. The van der Waals surface area contributed by atoms with Crippen LogP contribution in [-0.2, 0) is 9.09 Å². The first-order chi connectivity index (χ1) is 4.83. The van der Waals surface area contributed by atoms with Gasteiger partial charge in [-0.15, -0.1) is 0 Å². The molecule has 0 spiro atoms. The number of hydrogen-bond acceptors (Lipinski definition) is 2. The quantitative estimate of drug-likeness (QED) is 0.646. The van der Waals surface area contributed by atoms with Crippen molar-refractivity contribution in [3.05, 3.63) is 0 Å². The lowest BCUT2D eigenvalue weighted by atomic mass is 10.4. The van der Waals surface area contributed by atoms with Gasteiger partial charge in [-0.2, -0.15) is 0 Å². The van der Waals surface area contributed by atoms with Crippen LogP contribution in [0.15, 0.2) is 0 Å². The average Bonchev–Trinajstić information content (AvgIpc) is 1.80. The van der Waals surface area contributed by atoms with Crippen LogP contribution in [0, 0.1) is 0 Å². The van der Waals surface area contributed by atoms with Crippen LogP contribution in [-0.4, -0.2) is 29.0 Å². The van der Waals surface area contributed by atoms with Gasteiger partial charge in [-0.1, -0.05) is 0 Å². The van der Waals surface area contributed by atoms with E-state index in [1.54, 1.807) is 0 Å². The van der Waals surface area contributed by atoms with Gasteiger partial charge in [0.2, 0.25) is 0 Å². The van der Waals surface area contributed by atoms with Gasteiger partial charge in [0.05, 0.1) is 6.61 Å². The van der Waals surface area contributed by atoms with Gasteiger partial charge in [0.15, 0.2) is 6.17 Å². The molecule has 0 fully saturated rings. The second kappa shape index (κ2) is 4.06. The van der Waals surface area contributed by atoms with Gasteiger partial charge >= 0.3 is 7.82 Å². The maximum atomic E-state index is 11.8. The van der Waals surface area contributed by atoms with Crippen molar-refractivity contribution in [2.24, 2.45) is 0 Å². The van der Waals surface area contributed by atoms with E-state index < -0.39 is 27.0 Å². The fraction of sp³-hybridized carbons (Fsp3) is 1.00. The molecule has 2 N–H and O–H groups in total. The largest absolute Gasteiger partial charge is 0.469 e. The van der Waals surface area contributed by atoms with Crippen molar-refractivity contribution in [3.63, 3.8) is 0 Å². The zero-order valence-electron chi connectivity index (χ0n) is 5.15. The molecule has 8 heteroatoms. The van der Waals surface area contributed by atoms with Gasteiger partial charge in [-0.05, 0) is 0 Å². The molecule has 0 aromatic carbocycles. The molecule has 0 aliphatic carbocycles. The summed E-state index contributed by atoms with van der Waals surface area (Å²) in [5.41, 5.74) is 0. The fourth-order valence-corrected chi connectivity index (χ4v) is 0.578. The molecule has 1 unspecified atom stereocenters. The molecule has 0 aliphatic rings. The standard InChI is InChI=1S/C3H6F3O4P/c4-2(3(5)6)1-10-11(7,8)9/h2-3H,1H2,(H2,7,8,9). The Kier molecular flexibility index (Phi) is 4.02.